The second-order valence-electron chi connectivity index (χ2n) is 7.09. The van der Waals surface area contributed by atoms with E-state index in [1.807, 2.05) is 6.07 Å². The average Bonchev–Trinajstić information content (AvgIpc) is 3.11. The van der Waals surface area contributed by atoms with Gasteiger partial charge in [0.25, 0.3) is 5.91 Å². The van der Waals surface area contributed by atoms with E-state index in [9.17, 15) is 17.6 Å². The third-order valence-corrected chi connectivity index (χ3v) is 6.75. The molecule has 0 aliphatic heterocycles. The number of carbonyl (C=O) groups is 1. The van der Waals surface area contributed by atoms with Crippen molar-refractivity contribution in [3.05, 3.63) is 47.3 Å². The molecule has 0 atom stereocenters. The van der Waals surface area contributed by atoms with Gasteiger partial charge >= 0.3 is 0 Å². The van der Waals surface area contributed by atoms with Crippen molar-refractivity contribution < 1.29 is 22.0 Å². The highest BCUT2D eigenvalue weighted by atomic mass is 127. The molecule has 168 valence electrons. The number of halogens is 2. The molecule has 2 N–H and O–H groups in total. The summed E-state index contributed by atoms with van der Waals surface area (Å²) >= 11 is 2.08. The lowest BCUT2D eigenvalue weighted by Gasteiger charge is -2.23. The Bertz CT molecular complexity index is 1300. The third kappa shape index (κ3) is 5.02. The lowest BCUT2D eigenvalue weighted by molar-refractivity contribution is 0.100. The SMILES string of the molecule is CS(=O)(=O)N(CCCCC#N)c1nc2oc(-c3ccc(F)cc3)c(C(N)=O)c2cc1CI. The van der Waals surface area contributed by atoms with Crippen molar-refractivity contribution in [2.24, 2.45) is 5.73 Å². The van der Waals surface area contributed by atoms with Gasteiger partial charge in [0.1, 0.15) is 17.4 Å². The smallest absolute Gasteiger partial charge is 0.253 e. The molecule has 0 bridgehead atoms. The maximum absolute atomic E-state index is 13.4. The number of anilines is 1. The van der Waals surface area contributed by atoms with Gasteiger partial charge in [0.15, 0.2) is 0 Å². The van der Waals surface area contributed by atoms with Gasteiger partial charge in [-0.15, -0.1) is 0 Å². The van der Waals surface area contributed by atoms with Crippen molar-refractivity contribution >= 4 is 55.4 Å². The largest absolute Gasteiger partial charge is 0.437 e. The molecule has 0 unspecified atom stereocenters. The summed E-state index contributed by atoms with van der Waals surface area (Å²) < 4.78 is 45.8. The lowest BCUT2D eigenvalue weighted by Crippen LogP contribution is -2.32. The molecule has 2 aromatic heterocycles. The second-order valence-corrected chi connectivity index (χ2v) is 9.75. The number of fused-ring (bicyclic) bond motifs is 1. The zero-order valence-electron chi connectivity index (χ0n) is 17.1. The first-order valence-corrected chi connectivity index (χ1v) is 13.0. The summed E-state index contributed by atoms with van der Waals surface area (Å²) in [6.45, 7) is 0.150. The lowest BCUT2D eigenvalue weighted by atomic mass is 10.0. The van der Waals surface area contributed by atoms with E-state index in [2.05, 4.69) is 27.6 Å². The van der Waals surface area contributed by atoms with Crippen LogP contribution in [0.25, 0.3) is 22.4 Å². The minimum Gasteiger partial charge on any atom is -0.437 e. The molecular weight excluding hydrogens is 550 g/mol. The van der Waals surface area contributed by atoms with Crippen molar-refractivity contribution in [3.8, 4) is 17.4 Å². The molecule has 32 heavy (non-hydrogen) atoms. The van der Waals surface area contributed by atoms with Crippen LogP contribution in [0.3, 0.4) is 0 Å². The number of nitriles is 1. The Balaban J connectivity index is 2.19. The summed E-state index contributed by atoms with van der Waals surface area (Å²) in [5, 5.41) is 9.08. The molecule has 0 fully saturated rings. The van der Waals surface area contributed by atoms with Gasteiger partial charge in [-0.05, 0) is 43.2 Å². The van der Waals surface area contributed by atoms with Crippen molar-refractivity contribution in [2.45, 2.75) is 23.7 Å². The van der Waals surface area contributed by atoms with Gasteiger partial charge in [-0.2, -0.15) is 10.2 Å². The number of alkyl halides is 1. The number of carbonyl (C=O) groups excluding carboxylic acids is 1. The summed E-state index contributed by atoms with van der Waals surface area (Å²) in [4.78, 5) is 16.7. The number of benzene rings is 1. The summed E-state index contributed by atoms with van der Waals surface area (Å²) in [5.74, 6) is -0.856. The van der Waals surface area contributed by atoms with Crippen molar-refractivity contribution in [1.82, 2.24) is 4.98 Å². The van der Waals surface area contributed by atoms with E-state index in [0.717, 1.165) is 6.26 Å². The number of rotatable bonds is 9. The number of pyridine rings is 1. The second kappa shape index (κ2) is 9.83. The monoisotopic (exact) mass is 570 g/mol. The first-order chi connectivity index (χ1) is 15.2. The Morgan fingerprint density at radius 2 is 2.00 bits per heavy atom. The van der Waals surface area contributed by atoms with Crippen LogP contribution in [0.4, 0.5) is 10.2 Å². The van der Waals surface area contributed by atoms with Gasteiger partial charge in [0, 0.05) is 28.5 Å². The van der Waals surface area contributed by atoms with Gasteiger partial charge in [-0.1, -0.05) is 22.6 Å². The fraction of sp³-hybridized carbons (Fsp3) is 0.286. The molecule has 1 amide bonds. The standard InChI is InChI=1S/C21H20FIN4O4S/c1-32(29,30)27(10-4-2-3-9-24)20-14(12-23)11-16-17(19(25)28)18(31-21(16)26-20)13-5-7-15(22)8-6-13/h5-8,11H,2-4,10,12H2,1H3,(H2,25,28). The molecule has 1 aromatic carbocycles. The third-order valence-electron chi connectivity index (χ3n) is 4.77. The van der Waals surface area contributed by atoms with E-state index in [0.29, 0.717) is 40.2 Å². The van der Waals surface area contributed by atoms with E-state index in [4.69, 9.17) is 15.4 Å². The van der Waals surface area contributed by atoms with Crippen LogP contribution < -0.4 is 10.0 Å². The van der Waals surface area contributed by atoms with Crippen molar-refractivity contribution in [1.29, 1.82) is 5.26 Å². The molecule has 0 saturated carbocycles. The van der Waals surface area contributed by atoms with Crippen LogP contribution in [0.5, 0.6) is 0 Å². The number of aromatic nitrogens is 1. The predicted molar refractivity (Wildman–Crippen MR) is 127 cm³/mol. The Kier molecular flexibility index (Phi) is 7.35. The number of nitrogens with zero attached hydrogens (tertiary/aromatic N) is 3. The van der Waals surface area contributed by atoms with Crippen LogP contribution in [0.2, 0.25) is 0 Å². The number of sulfonamides is 1. The number of primary amides is 1. The van der Waals surface area contributed by atoms with E-state index < -0.39 is 21.7 Å². The molecule has 11 heteroatoms. The number of amides is 1. The number of unbranched alkanes of at least 4 members (excludes halogenated alkanes) is 2. The molecule has 2 heterocycles. The molecule has 0 spiro atoms. The molecule has 8 nitrogen and oxygen atoms in total. The molecule has 3 aromatic rings. The summed E-state index contributed by atoms with van der Waals surface area (Å²) in [5.41, 5.74) is 6.77. The Morgan fingerprint density at radius 1 is 1.31 bits per heavy atom. The van der Waals surface area contributed by atoms with Crippen LogP contribution in [-0.4, -0.2) is 32.1 Å². The maximum Gasteiger partial charge on any atom is 0.253 e. The summed E-state index contributed by atoms with van der Waals surface area (Å²) in [6, 6.07) is 9.06. The topological polar surface area (TPSA) is 130 Å². The molecule has 0 aliphatic carbocycles. The predicted octanol–water partition coefficient (Wildman–Crippen LogP) is 4.13. The Labute approximate surface area is 198 Å². The molecule has 3 rings (SSSR count). The molecular formula is C21H20FIN4O4S. The van der Waals surface area contributed by atoms with E-state index in [1.54, 1.807) is 6.07 Å². The number of hydrogen-bond acceptors (Lipinski definition) is 6. The molecule has 0 saturated heterocycles. The minimum atomic E-state index is -3.67. The fourth-order valence-corrected chi connectivity index (χ4v) is 4.80. The average molecular weight is 570 g/mol. The zero-order valence-corrected chi connectivity index (χ0v) is 20.1. The van der Waals surface area contributed by atoms with Crippen LogP contribution >= 0.6 is 22.6 Å². The first kappa shape index (κ1) is 23.9. The fourth-order valence-electron chi connectivity index (χ4n) is 3.31. The van der Waals surface area contributed by atoms with E-state index in [-0.39, 0.29) is 29.4 Å². The Morgan fingerprint density at radius 3 is 2.56 bits per heavy atom. The normalized spacial score (nSPS) is 11.4. The van der Waals surface area contributed by atoms with Crippen molar-refractivity contribution in [3.63, 3.8) is 0 Å². The Hall–Kier alpha value is -2.72. The highest BCUT2D eigenvalue weighted by Crippen LogP contribution is 2.36. The zero-order chi connectivity index (χ0) is 23.5. The van der Waals surface area contributed by atoms with Crippen molar-refractivity contribution in [2.75, 3.05) is 17.1 Å². The van der Waals surface area contributed by atoms with E-state index in [1.165, 1.54) is 28.6 Å². The first-order valence-electron chi connectivity index (χ1n) is 9.60. The number of hydrogen-bond donors (Lipinski definition) is 1. The van der Waals surface area contributed by atoms with Gasteiger partial charge in [0.2, 0.25) is 15.7 Å². The van der Waals surface area contributed by atoms with E-state index >= 15 is 0 Å². The van der Waals surface area contributed by atoms with Gasteiger partial charge in [-0.3, -0.25) is 9.10 Å². The van der Waals surface area contributed by atoms with Gasteiger partial charge in [0.05, 0.1) is 23.3 Å². The summed E-state index contributed by atoms with van der Waals surface area (Å²) in [7, 11) is -3.67. The summed E-state index contributed by atoms with van der Waals surface area (Å²) in [6.07, 6.45) is 2.43. The number of furan rings is 1. The van der Waals surface area contributed by atoms with Crippen LogP contribution in [0.15, 0.2) is 34.7 Å². The van der Waals surface area contributed by atoms with Gasteiger partial charge < -0.3 is 10.2 Å². The molecule has 0 aliphatic rings. The molecule has 0 radical (unpaired) electrons. The highest BCUT2D eigenvalue weighted by molar-refractivity contribution is 14.1. The van der Waals surface area contributed by atoms with Crippen LogP contribution in [0.1, 0.15) is 35.2 Å². The van der Waals surface area contributed by atoms with Crippen LogP contribution in [0, 0.1) is 17.1 Å². The number of nitrogens with two attached hydrogens (primary N) is 1. The quantitative estimate of drug-likeness (QED) is 0.234. The minimum absolute atomic E-state index is 0.0485. The maximum atomic E-state index is 13.4. The van der Waals surface area contributed by atoms with Gasteiger partial charge in [-0.25, -0.2) is 12.8 Å². The van der Waals surface area contributed by atoms with Crippen LogP contribution in [-0.2, 0) is 14.5 Å². The highest BCUT2D eigenvalue weighted by Gasteiger charge is 2.27.